The Hall–Kier alpha value is -4.45. The van der Waals surface area contributed by atoms with Gasteiger partial charge in [-0.05, 0) is 48.7 Å². The first kappa shape index (κ1) is 25.2. The first-order valence-electron chi connectivity index (χ1n) is 12.8. The lowest BCUT2D eigenvalue weighted by Crippen LogP contribution is -2.11. The minimum Gasteiger partial charge on any atom is -0.507 e. The summed E-state index contributed by atoms with van der Waals surface area (Å²) in [6, 6.07) is 24.8. The number of carbonyl (C=O) groups is 1. The quantitative estimate of drug-likeness (QED) is 0.189. The van der Waals surface area contributed by atoms with Gasteiger partial charge in [-0.2, -0.15) is 0 Å². The van der Waals surface area contributed by atoms with E-state index in [1.54, 1.807) is 19.1 Å². The lowest BCUT2D eigenvalue weighted by Gasteiger charge is -2.16. The molecule has 1 aromatic heterocycles. The topological polar surface area (TPSA) is 89.1 Å². The third-order valence-corrected chi connectivity index (χ3v) is 6.79. The lowest BCUT2D eigenvalue weighted by molar-refractivity contribution is -0.138. The smallest absolute Gasteiger partial charge is 0.310 e. The van der Waals surface area contributed by atoms with Gasteiger partial charge in [-0.3, -0.25) is 4.79 Å². The molecule has 0 fully saturated rings. The second-order valence-electron chi connectivity index (χ2n) is 9.29. The van der Waals surface area contributed by atoms with Crippen LogP contribution in [0.2, 0.25) is 0 Å². The number of hydrogen-bond acceptors (Lipinski definition) is 5. The molecule has 6 nitrogen and oxygen atoms in total. The molecule has 0 radical (unpaired) electrons. The maximum absolute atomic E-state index is 11.8. The van der Waals surface area contributed by atoms with Crippen molar-refractivity contribution in [2.24, 2.45) is 0 Å². The predicted octanol–water partition coefficient (Wildman–Crippen LogP) is 7.56. The number of ether oxygens (including phenoxy) is 2. The monoisotopic (exact) mass is 510 g/mol. The molecule has 0 saturated carbocycles. The fourth-order valence-corrected chi connectivity index (χ4v) is 4.66. The molecule has 0 bridgehead atoms. The molecular formula is C32H30O6. The number of rotatable bonds is 10. The Morgan fingerprint density at radius 1 is 0.868 bits per heavy atom. The van der Waals surface area contributed by atoms with E-state index >= 15 is 0 Å². The second-order valence-corrected chi connectivity index (χ2v) is 9.29. The van der Waals surface area contributed by atoms with Gasteiger partial charge in [0.05, 0.1) is 19.1 Å². The van der Waals surface area contributed by atoms with Crippen LogP contribution < -0.4 is 9.47 Å². The van der Waals surface area contributed by atoms with Gasteiger partial charge < -0.3 is 24.1 Å². The molecule has 5 aromatic rings. The average Bonchev–Trinajstić information content (AvgIpc) is 3.30. The Labute approximate surface area is 221 Å². The number of benzene rings is 4. The van der Waals surface area contributed by atoms with Crippen LogP contribution in [-0.4, -0.2) is 29.4 Å². The number of carboxylic acid groups (broad SMARTS) is 1. The van der Waals surface area contributed by atoms with E-state index in [9.17, 15) is 15.0 Å². The molecule has 1 unspecified atom stereocenters. The molecular weight excluding hydrogens is 480 g/mol. The SMILES string of the molecule is CCc1cc(-c2ccccc2)c(O)cc1OCCCOc1cc2c(cc1C(C)C(=O)O)oc1ccccc12. The average molecular weight is 511 g/mol. The molecule has 6 heteroatoms. The molecule has 5 rings (SSSR count). The van der Waals surface area contributed by atoms with Crippen molar-refractivity contribution in [3.05, 3.63) is 90.0 Å². The van der Waals surface area contributed by atoms with Gasteiger partial charge in [-0.25, -0.2) is 0 Å². The van der Waals surface area contributed by atoms with Gasteiger partial charge in [0.25, 0.3) is 0 Å². The van der Waals surface area contributed by atoms with Gasteiger partial charge >= 0.3 is 5.97 Å². The van der Waals surface area contributed by atoms with E-state index in [-0.39, 0.29) is 5.75 Å². The van der Waals surface area contributed by atoms with E-state index in [0.29, 0.717) is 42.3 Å². The van der Waals surface area contributed by atoms with Crippen molar-refractivity contribution in [1.82, 2.24) is 0 Å². The number of fused-ring (bicyclic) bond motifs is 3. The first-order chi connectivity index (χ1) is 18.5. The Morgan fingerprint density at radius 3 is 2.32 bits per heavy atom. The van der Waals surface area contributed by atoms with Crippen molar-refractivity contribution >= 4 is 27.9 Å². The lowest BCUT2D eigenvalue weighted by atomic mass is 9.98. The van der Waals surface area contributed by atoms with Crippen LogP contribution >= 0.6 is 0 Å². The van der Waals surface area contributed by atoms with E-state index in [1.807, 2.05) is 66.7 Å². The molecule has 0 aliphatic heterocycles. The van der Waals surface area contributed by atoms with Crippen molar-refractivity contribution in [2.75, 3.05) is 13.2 Å². The van der Waals surface area contributed by atoms with Crippen LogP contribution in [0.4, 0.5) is 0 Å². The maximum Gasteiger partial charge on any atom is 0.310 e. The Balaban J connectivity index is 1.30. The Morgan fingerprint density at radius 2 is 1.58 bits per heavy atom. The molecule has 0 aliphatic rings. The number of phenolic OH excluding ortho intramolecular Hbond substituents is 1. The van der Waals surface area contributed by atoms with Gasteiger partial charge in [0, 0.05) is 34.4 Å². The number of furan rings is 1. The van der Waals surface area contributed by atoms with Crippen molar-refractivity contribution in [2.45, 2.75) is 32.6 Å². The number of hydrogen-bond donors (Lipinski definition) is 2. The van der Waals surface area contributed by atoms with E-state index in [1.165, 1.54) is 0 Å². The van der Waals surface area contributed by atoms with E-state index in [0.717, 1.165) is 39.5 Å². The van der Waals surface area contributed by atoms with Gasteiger partial charge in [-0.15, -0.1) is 0 Å². The number of aliphatic carboxylic acids is 1. The summed E-state index contributed by atoms with van der Waals surface area (Å²) in [5.74, 6) is -0.335. The largest absolute Gasteiger partial charge is 0.507 e. The van der Waals surface area contributed by atoms with Crippen LogP contribution in [-0.2, 0) is 11.2 Å². The number of aryl methyl sites for hydroxylation is 1. The van der Waals surface area contributed by atoms with Crippen LogP contribution in [0.5, 0.6) is 17.2 Å². The summed E-state index contributed by atoms with van der Waals surface area (Å²) >= 11 is 0. The highest BCUT2D eigenvalue weighted by atomic mass is 16.5. The summed E-state index contributed by atoms with van der Waals surface area (Å²) in [5.41, 5.74) is 4.69. The predicted molar refractivity (Wildman–Crippen MR) is 148 cm³/mol. The number of aromatic hydroxyl groups is 1. The molecule has 1 heterocycles. The molecule has 4 aromatic carbocycles. The highest BCUT2D eigenvalue weighted by molar-refractivity contribution is 6.06. The van der Waals surface area contributed by atoms with Crippen molar-refractivity contribution in [1.29, 1.82) is 0 Å². The summed E-state index contributed by atoms with van der Waals surface area (Å²) in [6.45, 7) is 4.42. The van der Waals surface area contributed by atoms with E-state index < -0.39 is 11.9 Å². The van der Waals surface area contributed by atoms with Crippen molar-refractivity contribution in [3.63, 3.8) is 0 Å². The molecule has 0 aliphatic carbocycles. The van der Waals surface area contributed by atoms with Crippen LogP contribution in [0, 0.1) is 0 Å². The minimum absolute atomic E-state index is 0.174. The van der Waals surface area contributed by atoms with E-state index in [4.69, 9.17) is 13.9 Å². The summed E-state index contributed by atoms with van der Waals surface area (Å²) in [7, 11) is 0. The van der Waals surface area contributed by atoms with Gasteiger partial charge in [0.1, 0.15) is 28.4 Å². The van der Waals surface area contributed by atoms with Crippen molar-refractivity contribution < 1.29 is 28.9 Å². The molecule has 0 spiro atoms. The summed E-state index contributed by atoms with van der Waals surface area (Å²) in [6.07, 6.45) is 1.34. The number of para-hydroxylation sites is 1. The zero-order chi connectivity index (χ0) is 26.6. The fraction of sp³-hybridized carbons (Fsp3) is 0.219. The Kier molecular flexibility index (Phi) is 7.22. The van der Waals surface area contributed by atoms with Gasteiger partial charge in [0.15, 0.2) is 0 Å². The number of carboxylic acids is 1. The van der Waals surface area contributed by atoms with E-state index in [2.05, 4.69) is 6.92 Å². The zero-order valence-electron chi connectivity index (χ0n) is 21.4. The standard InChI is InChI=1S/C32H30O6/c1-3-21-16-25(22-10-5-4-6-11-22)27(33)19-29(21)36-14-9-15-37-30-18-26-23-12-7-8-13-28(23)38-31(26)17-24(30)20(2)32(34)35/h4-8,10-13,16-20,33H,3,9,14-15H2,1-2H3,(H,34,35). The maximum atomic E-state index is 11.8. The van der Waals surface area contributed by atoms with Gasteiger partial charge in [-0.1, -0.05) is 55.5 Å². The third-order valence-electron chi connectivity index (χ3n) is 6.79. The summed E-state index contributed by atoms with van der Waals surface area (Å²) in [4.78, 5) is 11.8. The van der Waals surface area contributed by atoms with Crippen LogP contribution in [0.3, 0.4) is 0 Å². The first-order valence-corrected chi connectivity index (χ1v) is 12.8. The molecule has 2 N–H and O–H groups in total. The third kappa shape index (κ3) is 5.02. The fourth-order valence-electron chi connectivity index (χ4n) is 4.66. The minimum atomic E-state index is -0.931. The molecule has 1 atom stereocenters. The van der Waals surface area contributed by atoms with Crippen LogP contribution in [0.25, 0.3) is 33.1 Å². The molecule has 38 heavy (non-hydrogen) atoms. The zero-order valence-corrected chi connectivity index (χ0v) is 21.4. The van der Waals surface area contributed by atoms with Crippen molar-refractivity contribution in [3.8, 4) is 28.4 Å². The normalized spacial score (nSPS) is 12.1. The summed E-state index contributed by atoms with van der Waals surface area (Å²) < 4.78 is 18.1. The molecule has 0 saturated heterocycles. The Bertz CT molecular complexity index is 1580. The van der Waals surface area contributed by atoms with Crippen LogP contribution in [0.15, 0.2) is 83.3 Å². The van der Waals surface area contributed by atoms with Gasteiger partial charge in [0.2, 0.25) is 0 Å². The highest BCUT2D eigenvalue weighted by Gasteiger charge is 2.21. The summed E-state index contributed by atoms with van der Waals surface area (Å²) in [5, 5.41) is 22.1. The highest BCUT2D eigenvalue weighted by Crippen LogP contribution is 2.38. The van der Waals surface area contributed by atoms with Crippen LogP contribution in [0.1, 0.15) is 37.3 Å². The second kappa shape index (κ2) is 10.9. The number of phenols is 1. The molecule has 0 amide bonds. The molecule has 194 valence electrons.